The minimum atomic E-state index is -3.54. The van der Waals surface area contributed by atoms with E-state index in [2.05, 4.69) is 5.32 Å². The summed E-state index contributed by atoms with van der Waals surface area (Å²) < 4.78 is 34.7. The van der Waals surface area contributed by atoms with Crippen molar-refractivity contribution in [2.45, 2.75) is 13.3 Å². The lowest BCUT2D eigenvalue weighted by atomic mass is 10.1. The molecule has 1 aromatic carbocycles. The Hall–Kier alpha value is -1.67. The van der Waals surface area contributed by atoms with E-state index < -0.39 is 21.7 Å². The number of anilines is 1. The summed E-state index contributed by atoms with van der Waals surface area (Å²) in [5, 5.41) is 7.28. The molecule has 0 aliphatic heterocycles. The zero-order valence-corrected chi connectivity index (χ0v) is 11.3. The lowest BCUT2D eigenvalue weighted by Gasteiger charge is -2.08. The summed E-state index contributed by atoms with van der Waals surface area (Å²) >= 11 is 0. The summed E-state index contributed by atoms with van der Waals surface area (Å²) in [6.45, 7) is 1.64. The van der Waals surface area contributed by atoms with Gasteiger partial charge in [0, 0.05) is 23.4 Å². The second-order valence-corrected chi connectivity index (χ2v) is 5.88. The first kappa shape index (κ1) is 15.4. The Labute approximate surface area is 111 Å². The molecule has 0 spiro atoms. The van der Waals surface area contributed by atoms with E-state index in [-0.39, 0.29) is 35.5 Å². The summed E-state index contributed by atoms with van der Waals surface area (Å²) in [6, 6.07) is 2.45. The van der Waals surface area contributed by atoms with Crippen molar-refractivity contribution in [1.82, 2.24) is 5.32 Å². The second kappa shape index (κ2) is 5.98. The number of nitrogens with one attached hydrogen (secondary N) is 1. The summed E-state index contributed by atoms with van der Waals surface area (Å²) in [4.78, 5) is 11.7. The van der Waals surface area contributed by atoms with Gasteiger partial charge in [-0.15, -0.1) is 0 Å². The van der Waals surface area contributed by atoms with Crippen molar-refractivity contribution in [3.05, 3.63) is 29.1 Å². The summed E-state index contributed by atoms with van der Waals surface area (Å²) in [5.74, 6) is -1.30. The average Bonchev–Trinajstić information content (AvgIpc) is 2.29. The van der Waals surface area contributed by atoms with E-state index in [1.807, 2.05) is 0 Å². The van der Waals surface area contributed by atoms with Crippen molar-refractivity contribution < 1.29 is 17.6 Å². The number of rotatable bonds is 5. The molecule has 8 heteroatoms. The quantitative estimate of drug-likeness (QED) is 0.527. The predicted molar refractivity (Wildman–Crippen MR) is 70.5 cm³/mol. The molecule has 0 bridgehead atoms. The van der Waals surface area contributed by atoms with Crippen LogP contribution in [0.3, 0.4) is 0 Å². The van der Waals surface area contributed by atoms with Gasteiger partial charge in [-0.25, -0.2) is 17.9 Å². The van der Waals surface area contributed by atoms with E-state index >= 15 is 0 Å². The zero-order valence-electron chi connectivity index (χ0n) is 10.4. The molecular formula is C11H16FN3O3S. The third kappa shape index (κ3) is 4.84. The molecule has 106 valence electrons. The van der Waals surface area contributed by atoms with Gasteiger partial charge in [0.05, 0.1) is 5.75 Å². The number of hydrogen-bond acceptors (Lipinski definition) is 4. The van der Waals surface area contributed by atoms with Gasteiger partial charge < -0.3 is 11.1 Å². The molecule has 0 radical (unpaired) electrons. The van der Waals surface area contributed by atoms with Gasteiger partial charge in [-0.05, 0) is 25.5 Å². The molecule has 0 saturated heterocycles. The number of sulfonamides is 1. The smallest absolute Gasteiger partial charge is 0.251 e. The van der Waals surface area contributed by atoms with Crippen molar-refractivity contribution in [3.8, 4) is 0 Å². The van der Waals surface area contributed by atoms with Crippen LogP contribution in [0.1, 0.15) is 22.3 Å². The molecule has 19 heavy (non-hydrogen) atoms. The molecule has 0 atom stereocenters. The van der Waals surface area contributed by atoms with Crippen LogP contribution in [-0.2, 0) is 10.0 Å². The number of hydrogen-bond donors (Lipinski definition) is 3. The highest BCUT2D eigenvalue weighted by Gasteiger charge is 2.11. The van der Waals surface area contributed by atoms with Gasteiger partial charge in [0.15, 0.2) is 0 Å². The van der Waals surface area contributed by atoms with E-state index in [1.165, 1.54) is 13.0 Å². The standard InChI is InChI=1S/C11H16FN3O3S/c1-7-9(12)5-8(6-10(7)13)11(16)15-3-2-4-19(14,17)18/h5-6H,2-4,13H2,1H3,(H,15,16)(H2,14,17,18). The first-order valence-corrected chi connectivity index (χ1v) is 7.26. The number of primary sulfonamides is 1. The molecule has 5 N–H and O–H groups in total. The van der Waals surface area contributed by atoms with Crippen LogP contribution in [0, 0.1) is 12.7 Å². The molecule has 0 fully saturated rings. The van der Waals surface area contributed by atoms with Crippen molar-refractivity contribution >= 4 is 21.6 Å². The zero-order chi connectivity index (χ0) is 14.6. The number of halogens is 1. The van der Waals surface area contributed by atoms with Gasteiger partial charge in [-0.1, -0.05) is 0 Å². The third-order valence-corrected chi connectivity index (χ3v) is 3.40. The highest BCUT2D eigenvalue weighted by molar-refractivity contribution is 7.89. The minimum Gasteiger partial charge on any atom is -0.398 e. The number of nitrogen functional groups attached to an aromatic ring is 1. The van der Waals surface area contributed by atoms with Crippen LogP contribution in [0.15, 0.2) is 12.1 Å². The molecule has 0 aromatic heterocycles. The maximum absolute atomic E-state index is 13.4. The molecule has 1 rings (SSSR count). The van der Waals surface area contributed by atoms with Crippen LogP contribution in [-0.4, -0.2) is 26.6 Å². The van der Waals surface area contributed by atoms with Gasteiger partial charge in [-0.2, -0.15) is 0 Å². The van der Waals surface area contributed by atoms with Crippen LogP contribution in [0.4, 0.5) is 10.1 Å². The molecule has 0 unspecified atom stereocenters. The largest absolute Gasteiger partial charge is 0.398 e. The van der Waals surface area contributed by atoms with E-state index in [4.69, 9.17) is 10.9 Å². The van der Waals surface area contributed by atoms with E-state index in [0.29, 0.717) is 0 Å². The lowest BCUT2D eigenvalue weighted by Crippen LogP contribution is -2.27. The maximum Gasteiger partial charge on any atom is 0.251 e. The molecule has 0 aliphatic carbocycles. The fraction of sp³-hybridized carbons (Fsp3) is 0.364. The van der Waals surface area contributed by atoms with Gasteiger partial charge in [0.2, 0.25) is 10.0 Å². The molecular weight excluding hydrogens is 273 g/mol. The summed E-state index contributed by atoms with van der Waals surface area (Å²) in [5.41, 5.74) is 6.12. The fourth-order valence-electron chi connectivity index (χ4n) is 1.41. The third-order valence-electron chi connectivity index (χ3n) is 2.54. The van der Waals surface area contributed by atoms with Crippen LogP contribution < -0.4 is 16.2 Å². The molecule has 1 amide bonds. The Morgan fingerprint density at radius 3 is 2.58 bits per heavy atom. The topological polar surface area (TPSA) is 115 Å². The molecule has 0 saturated carbocycles. The Kier molecular flexibility index (Phi) is 4.84. The molecule has 1 aromatic rings. The number of benzene rings is 1. The molecule has 0 aliphatic rings. The van der Waals surface area contributed by atoms with Crippen molar-refractivity contribution in [3.63, 3.8) is 0 Å². The first-order chi connectivity index (χ1) is 8.70. The summed E-state index contributed by atoms with van der Waals surface area (Å²) in [7, 11) is -3.54. The normalized spacial score (nSPS) is 11.3. The lowest BCUT2D eigenvalue weighted by molar-refractivity contribution is 0.0953. The van der Waals surface area contributed by atoms with E-state index in [0.717, 1.165) is 6.07 Å². The van der Waals surface area contributed by atoms with Crippen LogP contribution >= 0.6 is 0 Å². The number of amides is 1. The fourth-order valence-corrected chi connectivity index (χ4v) is 1.96. The minimum absolute atomic E-state index is 0.0937. The molecule has 6 nitrogen and oxygen atoms in total. The highest BCUT2D eigenvalue weighted by atomic mass is 32.2. The first-order valence-electron chi connectivity index (χ1n) is 5.55. The number of nitrogens with two attached hydrogens (primary N) is 2. The monoisotopic (exact) mass is 289 g/mol. The second-order valence-electron chi connectivity index (χ2n) is 4.15. The van der Waals surface area contributed by atoms with Crippen molar-refractivity contribution in [2.75, 3.05) is 18.0 Å². The summed E-state index contributed by atoms with van der Waals surface area (Å²) in [6.07, 6.45) is 0.189. The Balaban J connectivity index is 2.60. The predicted octanol–water partition coefficient (Wildman–Crippen LogP) is 0.125. The van der Waals surface area contributed by atoms with Crippen LogP contribution in [0.5, 0.6) is 0 Å². The van der Waals surface area contributed by atoms with Gasteiger partial charge in [0.25, 0.3) is 5.91 Å². The van der Waals surface area contributed by atoms with Crippen molar-refractivity contribution in [2.24, 2.45) is 5.14 Å². The number of carbonyl (C=O) groups is 1. The van der Waals surface area contributed by atoms with Crippen LogP contribution in [0.25, 0.3) is 0 Å². The van der Waals surface area contributed by atoms with Gasteiger partial charge in [-0.3, -0.25) is 4.79 Å². The average molecular weight is 289 g/mol. The van der Waals surface area contributed by atoms with E-state index in [1.54, 1.807) is 0 Å². The van der Waals surface area contributed by atoms with Gasteiger partial charge in [0.1, 0.15) is 5.82 Å². The van der Waals surface area contributed by atoms with Crippen molar-refractivity contribution in [1.29, 1.82) is 0 Å². The highest BCUT2D eigenvalue weighted by Crippen LogP contribution is 2.17. The van der Waals surface area contributed by atoms with Crippen LogP contribution in [0.2, 0.25) is 0 Å². The molecule has 0 heterocycles. The Morgan fingerprint density at radius 1 is 1.42 bits per heavy atom. The Morgan fingerprint density at radius 2 is 2.05 bits per heavy atom. The Bertz CT molecular complexity index is 564. The van der Waals surface area contributed by atoms with Gasteiger partial charge >= 0.3 is 0 Å². The maximum atomic E-state index is 13.4. The SMILES string of the molecule is Cc1c(N)cc(C(=O)NCCCS(N)(=O)=O)cc1F. The number of carbonyl (C=O) groups excluding carboxylic acids is 1. The van der Waals surface area contributed by atoms with E-state index in [9.17, 15) is 17.6 Å².